The zero-order valence-corrected chi connectivity index (χ0v) is 14.3. The zero-order valence-electron chi connectivity index (χ0n) is 13.5. The number of aromatic nitrogens is 1. The van der Waals surface area contributed by atoms with Gasteiger partial charge in [-0.25, -0.2) is 9.37 Å². The number of halogens is 1. The van der Waals surface area contributed by atoms with Gasteiger partial charge in [0.25, 0.3) is 0 Å². The molecule has 4 nitrogen and oxygen atoms in total. The fourth-order valence-electron chi connectivity index (χ4n) is 2.32. The lowest BCUT2D eigenvalue weighted by atomic mass is 10.2. The average molecular weight is 343 g/mol. The third-order valence-electron chi connectivity index (χ3n) is 3.88. The van der Waals surface area contributed by atoms with Crippen molar-refractivity contribution in [1.29, 1.82) is 0 Å². The Morgan fingerprint density at radius 3 is 2.67 bits per heavy atom. The van der Waals surface area contributed by atoms with Gasteiger partial charge in [-0.05, 0) is 50.4 Å². The number of anilines is 1. The van der Waals surface area contributed by atoms with Gasteiger partial charge in [-0.3, -0.25) is 9.69 Å². The topological polar surface area (TPSA) is 45.2 Å². The number of carbonyl (C=O) groups excluding carboxylic acids is 1. The highest BCUT2D eigenvalue weighted by atomic mass is 32.1. The van der Waals surface area contributed by atoms with Crippen molar-refractivity contribution in [2.45, 2.75) is 19.5 Å². The van der Waals surface area contributed by atoms with Crippen LogP contribution in [0.2, 0.25) is 0 Å². The van der Waals surface area contributed by atoms with Crippen molar-refractivity contribution in [3.63, 3.8) is 0 Å². The molecule has 0 unspecified atom stereocenters. The smallest absolute Gasteiger partial charge is 0.241 e. The highest BCUT2D eigenvalue weighted by Crippen LogP contribution is 2.23. The number of thiazole rings is 1. The minimum Gasteiger partial charge on any atom is -0.325 e. The Morgan fingerprint density at radius 1 is 1.25 bits per heavy atom. The second-order valence-electron chi connectivity index (χ2n) is 5.66. The quantitative estimate of drug-likeness (QED) is 0.764. The van der Waals surface area contributed by atoms with Gasteiger partial charge in [0.05, 0.1) is 22.8 Å². The number of rotatable bonds is 5. The second kappa shape index (κ2) is 7.07. The number of hydrogen-bond acceptors (Lipinski definition) is 4. The van der Waals surface area contributed by atoms with Gasteiger partial charge < -0.3 is 5.32 Å². The number of amides is 1. The van der Waals surface area contributed by atoms with Crippen molar-refractivity contribution in [3.8, 4) is 0 Å². The first kappa shape index (κ1) is 16.5. The van der Waals surface area contributed by atoms with E-state index in [1.807, 2.05) is 43.1 Å². The van der Waals surface area contributed by atoms with Crippen LogP contribution in [0.1, 0.15) is 11.9 Å². The molecule has 0 saturated heterocycles. The maximum atomic E-state index is 12.9. The predicted molar refractivity (Wildman–Crippen MR) is 95.6 cm³/mol. The van der Waals surface area contributed by atoms with Crippen LogP contribution in [0.4, 0.5) is 10.1 Å². The van der Waals surface area contributed by atoms with Gasteiger partial charge in [0, 0.05) is 5.69 Å². The van der Waals surface area contributed by atoms with Gasteiger partial charge in [-0.1, -0.05) is 12.1 Å². The van der Waals surface area contributed by atoms with Gasteiger partial charge in [0.15, 0.2) is 0 Å². The van der Waals surface area contributed by atoms with Gasteiger partial charge in [-0.2, -0.15) is 0 Å². The molecule has 0 saturated carbocycles. The summed E-state index contributed by atoms with van der Waals surface area (Å²) < 4.78 is 14.1. The van der Waals surface area contributed by atoms with E-state index in [0.717, 1.165) is 15.2 Å². The van der Waals surface area contributed by atoms with Crippen LogP contribution in [0.3, 0.4) is 0 Å². The van der Waals surface area contributed by atoms with Crippen molar-refractivity contribution in [1.82, 2.24) is 9.88 Å². The summed E-state index contributed by atoms with van der Waals surface area (Å²) in [6.45, 7) is 2.43. The molecule has 0 aliphatic rings. The SMILES string of the molecule is C[C@H](C(=O)Nc1ccc(F)cc1)N(C)Cc1nc2ccccc2s1. The lowest BCUT2D eigenvalue weighted by Gasteiger charge is -2.22. The number of nitrogens with zero attached hydrogens (tertiary/aromatic N) is 2. The van der Waals surface area contributed by atoms with E-state index in [-0.39, 0.29) is 17.8 Å². The summed E-state index contributed by atoms with van der Waals surface area (Å²) in [4.78, 5) is 18.9. The molecule has 1 N–H and O–H groups in total. The van der Waals surface area contributed by atoms with E-state index in [1.54, 1.807) is 23.5 Å². The molecule has 0 bridgehead atoms. The number of benzene rings is 2. The maximum absolute atomic E-state index is 12.9. The Morgan fingerprint density at radius 2 is 1.96 bits per heavy atom. The number of hydrogen-bond donors (Lipinski definition) is 1. The minimum absolute atomic E-state index is 0.134. The number of likely N-dealkylation sites (N-methyl/N-ethyl adjacent to an activating group) is 1. The van der Waals surface area contributed by atoms with Crippen molar-refractivity contribution in [2.75, 3.05) is 12.4 Å². The van der Waals surface area contributed by atoms with Gasteiger partial charge >= 0.3 is 0 Å². The monoisotopic (exact) mass is 343 g/mol. The molecule has 1 atom stereocenters. The van der Waals surface area contributed by atoms with E-state index in [4.69, 9.17) is 0 Å². The molecule has 0 spiro atoms. The number of nitrogens with one attached hydrogen (secondary N) is 1. The lowest BCUT2D eigenvalue weighted by molar-refractivity contribution is -0.120. The minimum atomic E-state index is -0.331. The summed E-state index contributed by atoms with van der Waals surface area (Å²) in [5, 5.41) is 3.77. The van der Waals surface area contributed by atoms with Gasteiger partial charge in [0.2, 0.25) is 5.91 Å². The molecule has 1 heterocycles. The summed E-state index contributed by atoms with van der Waals surface area (Å²) >= 11 is 1.63. The van der Waals surface area contributed by atoms with Crippen LogP contribution in [0.5, 0.6) is 0 Å². The molecule has 2 aromatic carbocycles. The largest absolute Gasteiger partial charge is 0.325 e. The molecule has 1 amide bonds. The normalized spacial score (nSPS) is 12.5. The number of carbonyl (C=O) groups is 1. The summed E-state index contributed by atoms with van der Waals surface area (Å²) in [5.74, 6) is -0.459. The molecule has 124 valence electrons. The zero-order chi connectivity index (χ0) is 17.1. The first-order valence-electron chi connectivity index (χ1n) is 7.64. The number of fused-ring (bicyclic) bond motifs is 1. The lowest BCUT2D eigenvalue weighted by Crippen LogP contribution is -2.39. The Bertz CT molecular complexity index is 814. The summed E-state index contributed by atoms with van der Waals surface area (Å²) in [7, 11) is 1.89. The first-order valence-corrected chi connectivity index (χ1v) is 8.46. The molecule has 0 fully saturated rings. The highest BCUT2D eigenvalue weighted by molar-refractivity contribution is 7.18. The summed E-state index contributed by atoms with van der Waals surface area (Å²) in [6.07, 6.45) is 0. The van der Waals surface area contributed by atoms with Crippen LogP contribution in [-0.2, 0) is 11.3 Å². The molecule has 3 aromatic rings. The first-order chi connectivity index (χ1) is 11.5. The van der Waals surface area contributed by atoms with Gasteiger partial charge in [0.1, 0.15) is 10.8 Å². The molecule has 3 rings (SSSR count). The Labute approximate surface area is 143 Å². The van der Waals surface area contributed by atoms with Crippen LogP contribution in [0.15, 0.2) is 48.5 Å². The van der Waals surface area contributed by atoms with Crippen LogP contribution < -0.4 is 5.32 Å². The Balaban J connectivity index is 1.63. The van der Waals surface area contributed by atoms with E-state index in [1.165, 1.54) is 12.1 Å². The molecule has 6 heteroatoms. The van der Waals surface area contributed by atoms with E-state index >= 15 is 0 Å². The summed E-state index contributed by atoms with van der Waals surface area (Å²) in [6, 6.07) is 13.4. The molecule has 1 aromatic heterocycles. The fourth-order valence-corrected chi connectivity index (χ4v) is 3.35. The van der Waals surface area contributed by atoms with Crippen LogP contribution >= 0.6 is 11.3 Å². The van der Waals surface area contributed by atoms with Crippen LogP contribution in [0.25, 0.3) is 10.2 Å². The third kappa shape index (κ3) is 3.77. The molecule has 0 aliphatic heterocycles. The molecule has 0 radical (unpaired) electrons. The Hall–Kier alpha value is -2.31. The highest BCUT2D eigenvalue weighted by Gasteiger charge is 2.19. The van der Waals surface area contributed by atoms with Crippen LogP contribution in [0, 0.1) is 5.82 Å². The standard InChI is InChI=1S/C18H18FN3OS/c1-12(18(23)20-14-9-7-13(19)8-10-14)22(2)11-17-21-15-5-3-4-6-16(15)24-17/h3-10,12H,11H2,1-2H3,(H,20,23)/t12-/m1/s1. The molecule has 0 aliphatic carbocycles. The average Bonchev–Trinajstić information content (AvgIpc) is 2.98. The van der Waals surface area contributed by atoms with E-state index < -0.39 is 0 Å². The number of para-hydroxylation sites is 1. The molecular formula is C18H18FN3OS. The van der Waals surface area contributed by atoms with Crippen molar-refractivity contribution in [2.24, 2.45) is 0 Å². The van der Waals surface area contributed by atoms with Crippen molar-refractivity contribution < 1.29 is 9.18 Å². The molecule has 24 heavy (non-hydrogen) atoms. The van der Waals surface area contributed by atoms with Crippen molar-refractivity contribution >= 4 is 33.1 Å². The third-order valence-corrected chi connectivity index (χ3v) is 4.90. The fraction of sp³-hybridized carbons (Fsp3) is 0.222. The maximum Gasteiger partial charge on any atom is 0.241 e. The second-order valence-corrected chi connectivity index (χ2v) is 6.78. The van der Waals surface area contributed by atoms with E-state index in [2.05, 4.69) is 10.3 Å². The van der Waals surface area contributed by atoms with Crippen molar-refractivity contribution in [3.05, 3.63) is 59.4 Å². The van der Waals surface area contributed by atoms with Gasteiger partial charge in [-0.15, -0.1) is 11.3 Å². The van der Waals surface area contributed by atoms with Crippen LogP contribution in [-0.4, -0.2) is 28.9 Å². The summed E-state index contributed by atoms with van der Waals surface area (Å²) in [5.41, 5.74) is 1.57. The molecular weight excluding hydrogens is 325 g/mol. The predicted octanol–water partition coefficient (Wildman–Crippen LogP) is 3.89. The van der Waals surface area contributed by atoms with E-state index in [0.29, 0.717) is 12.2 Å². The van der Waals surface area contributed by atoms with E-state index in [9.17, 15) is 9.18 Å². The Kier molecular flexibility index (Phi) is 4.87.